The zero-order valence-electron chi connectivity index (χ0n) is 12.9. The van der Waals surface area contributed by atoms with Crippen LogP contribution in [-0.2, 0) is 19.0 Å². The fraction of sp³-hybridized carbons (Fsp3) is 0.500. The van der Waals surface area contributed by atoms with Gasteiger partial charge < -0.3 is 10.1 Å². The Balaban J connectivity index is 2.89. The summed E-state index contributed by atoms with van der Waals surface area (Å²) in [6.45, 7) is 4.71. The van der Waals surface area contributed by atoms with Crippen LogP contribution < -0.4 is 5.32 Å². The van der Waals surface area contributed by atoms with Gasteiger partial charge in [-0.3, -0.25) is 4.18 Å². The van der Waals surface area contributed by atoms with E-state index in [1.807, 2.05) is 0 Å². The molecule has 1 N–H and O–H groups in total. The minimum atomic E-state index is -3.69. The number of carbonyl (C=O) groups is 1. The van der Waals surface area contributed by atoms with E-state index in [0.29, 0.717) is 5.56 Å². The second-order valence-electron chi connectivity index (χ2n) is 5.74. The van der Waals surface area contributed by atoms with Gasteiger partial charge in [0.15, 0.2) is 0 Å². The number of halogens is 1. The van der Waals surface area contributed by atoms with Gasteiger partial charge in [0.25, 0.3) is 10.1 Å². The molecule has 0 spiro atoms. The molecule has 0 aliphatic rings. The predicted molar refractivity (Wildman–Crippen MR) is 79.3 cm³/mol. The summed E-state index contributed by atoms with van der Waals surface area (Å²) in [6.07, 6.45) is 0.141. The number of nitrogens with one attached hydrogen (secondary N) is 1. The van der Waals surface area contributed by atoms with E-state index < -0.39 is 33.7 Å². The summed E-state index contributed by atoms with van der Waals surface area (Å²) in [4.78, 5) is 11.8. The average molecular weight is 333 g/mol. The number of rotatable bonds is 5. The van der Waals surface area contributed by atoms with E-state index in [1.165, 1.54) is 18.2 Å². The molecule has 124 valence electrons. The first-order valence-electron chi connectivity index (χ1n) is 6.56. The van der Waals surface area contributed by atoms with Crippen LogP contribution in [0, 0.1) is 5.82 Å². The van der Waals surface area contributed by atoms with Crippen molar-refractivity contribution in [1.29, 1.82) is 0 Å². The lowest BCUT2D eigenvalue weighted by Gasteiger charge is -2.23. The van der Waals surface area contributed by atoms with Gasteiger partial charge in [-0.05, 0) is 38.5 Å². The van der Waals surface area contributed by atoms with Crippen molar-refractivity contribution in [1.82, 2.24) is 5.32 Å². The van der Waals surface area contributed by atoms with Crippen molar-refractivity contribution >= 4 is 16.2 Å². The number of hydrogen-bond donors (Lipinski definition) is 1. The molecule has 1 unspecified atom stereocenters. The highest BCUT2D eigenvalue weighted by molar-refractivity contribution is 7.85. The van der Waals surface area contributed by atoms with Crippen molar-refractivity contribution in [2.75, 3.05) is 12.9 Å². The molecule has 0 saturated heterocycles. The van der Waals surface area contributed by atoms with Gasteiger partial charge >= 0.3 is 6.09 Å². The molecule has 0 aliphatic carbocycles. The maximum absolute atomic E-state index is 13.3. The second kappa shape index (κ2) is 7.06. The van der Waals surface area contributed by atoms with Crippen molar-refractivity contribution in [2.45, 2.75) is 32.4 Å². The van der Waals surface area contributed by atoms with E-state index in [-0.39, 0.29) is 6.61 Å². The van der Waals surface area contributed by atoms with Crippen LogP contribution in [-0.4, -0.2) is 33.0 Å². The van der Waals surface area contributed by atoms with E-state index in [2.05, 4.69) is 5.32 Å². The van der Waals surface area contributed by atoms with E-state index in [4.69, 9.17) is 8.92 Å². The molecule has 8 heteroatoms. The molecule has 0 radical (unpaired) electrons. The molecule has 1 aromatic rings. The molecule has 22 heavy (non-hydrogen) atoms. The largest absolute Gasteiger partial charge is 0.444 e. The second-order valence-corrected chi connectivity index (χ2v) is 7.39. The smallest absolute Gasteiger partial charge is 0.408 e. The molecule has 1 aromatic carbocycles. The van der Waals surface area contributed by atoms with Crippen LogP contribution in [0.3, 0.4) is 0 Å². The van der Waals surface area contributed by atoms with Gasteiger partial charge in [-0.25, -0.2) is 9.18 Å². The third-order valence-electron chi connectivity index (χ3n) is 2.39. The number of hydrogen-bond acceptors (Lipinski definition) is 5. The maximum Gasteiger partial charge on any atom is 0.408 e. The van der Waals surface area contributed by atoms with Crippen LogP contribution in [0.4, 0.5) is 9.18 Å². The highest BCUT2D eigenvalue weighted by atomic mass is 32.2. The Labute approximate surface area is 129 Å². The molecule has 0 saturated carbocycles. The summed E-state index contributed by atoms with van der Waals surface area (Å²) in [6, 6.07) is 4.57. The third-order valence-corrected chi connectivity index (χ3v) is 2.96. The molecule has 1 amide bonds. The lowest BCUT2D eigenvalue weighted by molar-refractivity contribution is 0.0487. The highest BCUT2D eigenvalue weighted by Gasteiger charge is 2.22. The number of alkyl carbamates (subject to hydrolysis) is 1. The van der Waals surface area contributed by atoms with Crippen molar-refractivity contribution in [3.05, 3.63) is 35.6 Å². The lowest BCUT2D eigenvalue weighted by atomic mass is 10.1. The minimum absolute atomic E-state index is 0.360. The summed E-state index contributed by atoms with van der Waals surface area (Å²) >= 11 is 0. The normalized spacial score (nSPS) is 13.5. The maximum atomic E-state index is 13.3. The van der Waals surface area contributed by atoms with Crippen LogP contribution in [0.5, 0.6) is 0 Å². The van der Waals surface area contributed by atoms with Crippen molar-refractivity contribution < 1.29 is 26.5 Å². The van der Waals surface area contributed by atoms with Crippen LogP contribution >= 0.6 is 0 Å². The Morgan fingerprint density at radius 1 is 1.36 bits per heavy atom. The Hall–Kier alpha value is -1.67. The summed E-state index contributed by atoms with van der Waals surface area (Å²) in [5, 5.41) is 2.47. The lowest BCUT2D eigenvalue weighted by Crippen LogP contribution is -2.37. The number of amides is 1. The molecule has 0 fully saturated rings. The van der Waals surface area contributed by atoms with Crippen molar-refractivity contribution in [3.63, 3.8) is 0 Å². The van der Waals surface area contributed by atoms with E-state index in [0.717, 1.165) is 6.26 Å². The van der Waals surface area contributed by atoms with E-state index in [9.17, 15) is 17.6 Å². The van der Waals surface area contributed by atoms with E-state index in [1.54, 1.807) is 26.8 Å². The number of ether oxygens (including phenoxy) is 1. The van der Waals surface area contributed by atoms with Crippen LogP contribution in [0.2, 0.25) is 0 Å². The topological polar surface area (TPSA) is 81.7 Å². The summed E-state index contributed by atoms with van der Waals surface area (Å²) in [7, 11) is -3.69. The van der Waals surface area contributed by atoms with Crippen LogP contribution in [0.15, 0.2) is 24.3 Å². The fourth-order valence-corrected chi connectivity index (χ4v) is 1.97. The number of benzene rings is 1. The zero-order chi connectivity index (χ0) is 17.0. The molecule has 1 atom stereocenters. The average Bonchev–Trinajstić information content (AvgIpc) is 2.31. The molecule has 0 aliphatic heterocycles. The summed E-state index contributed by atoms with van der Waals surface area (Å²) < 4.78 is 45.3. The molecule has 0 aromatic heterocycles. The SMILES string of the molecule is CC(C)(C)OC(=O)NC(COS(C)(=O)=O)c1cccc(F)c1. The molecule has 1 rings (SSSR count). The van der Waals surface area contributed by atoms with Crippen molar-refractivity contribution in [3.8, 4) is 0 Å². The molecular weight excluding hydrogens is 313 g/mol. The van der Waals surface area contributed by atoms with Gasteiger partial charge in [0, 0.05) is 0 Å². The molecular formula is C14H20FNO5S. The predicted octanol–water partition coefficient (Wildman–Crippen LogP) is 2.37. The monoisotopic (exact) mass is 333 g/mol. The van der Waals surface area contributed by atoms with Gasteiger partial charge in [-0.2, -0.15) is 8.42 Å². The van der Waals surface area contributed by atoms with Gasteiger partial charge in [-0.15, -0.1) is 0 Å². The molecule has 0 bridgehead atoms. The fourth-order valence-electron chi connectivity index (χ4n) is 1.59. The van der Waals surface area contributed by atoms with Crippen LogP contribution in [0.1, 0.15) is 32.4 Å². The Kier molecular flexibility index (Phi) is 5.90. The first-order chi connectivity index (χ1) is 9.96. The minimum Gasteiger partial charge on any atom is -0.444 e. The quantitative estimate of drug-likeness (QED) is 0.837. The summed E-state index contributed by atoms with van der Waals surface area (Å²) in [5.41, 5.74) is -0.344. The highest BCUT2D eigenvalue weighted by Crippen LogP contribution is 2.17. The van der Waals surface area contributed by atoms with E-state index >= 15 is 0 Å². The number of carbonyl (C=O) groups excluding carboxylic acids is 1. The van der Waals surface area contributed by atoms with Gasteiger partial charge in [0.1, 0.15) is 11.4 Å². The summed E-state index contributed by atoms with van der Waals surface area (Å²) in [5.74, 6) is -0.507. The van der Waals surface area contributed by atoms with Crippen molar-refractivity contribution in [2.24, 2.45) is 0 Å². The first kappa shape index (κ1) is 18.4. The van der Waals surface area contributed by atoms with Gasteiger partial charge in [0.2, 0.25) is 0 Å². The Bertz CT molecular complexity index is 624. The Morgan fingerprint density at radius 3 is 2.50 bits per heavy atom. The molecule has 0 heterocycles. The first-order valence-corrected chi connectivity index (χ1v) is 8.37. The Morgan fingerprint density at radius 2 is 2.00 bits per heavy atom. The van der Waals surface area contributed by atoms with Gasteiger partial charge in [0.05, 0.1) is 18.9 Å². The molecule has 6 nitrogen and oxygen atoms in total. The standard InChI is InChI=1S/C14H20FNO5S/c1-14(2,3)21-13(17)16-12(9-20-22(4,18)19)10-6-5-7-11(15)8-10/h5-8,12H,9H2,1-4H3,(H,16,17). The third kappa shape index (κ3) is 7.37. The van der Waals surface area contributed by atoms with Crippen LogP contribution in [0.25, 0.3) is 0 Å². The van der Waals surface area contributed by atoms with Gasteiger partial charge in [-0.1, -0.05) is 12.1 Å². The zero-order valence-corrected chi connectivity index (χ0v) is 13.7.